The summed E-state index contributed by atoms with van der Waals surface area (Å²) in [6.45, 7) is 1.81. The average molecular weight is 314 g/mol. The Labute approximate surface area is 112 Å². The number of halogens is 2. The van der Waals surface area contributed by atoms with E-state index in [2.05, 4.69) is 20.9 Å². The van der Waals surface area contributed by atoms with Crippen LogP contribution in [-0.2, 0) is 9.74 Å². The summed E-state index contributed by atoms with van der Waals surface area (Å²) in [5, 5.41) is 8.72. The molecule has 0 aliphatic heterocycles. The van der Waals surface area contributed by atoms with Crippen molar-refractivity contribution in [1.29, 1.82) is 5.26 Å². The minimum Gasteiger partial charge on any atom is -0.496 e. The zero-order valence-corrected chi connectivity index (χ0v) is 11.2. The topological polar surface area (TPSA) is 59.3 Å². The number of benzene rings is 1. The van der Waals surface area contributed by atoms with Crippen molar-refractivity contribution in [2.75, 3.05) is 7.11 Å². The van der Waals surface area contributed by atoms with Gasteiger partial charge >= 0.3 is 5.97 Å². The van der Waals surface area contributed by atoms with Gasteiger partial charge in [0.1, 0.15) is 17.4 Å². The fraction of sp³-hybridized carbons (Fsp3) is 0.167. The fourth-order valence-corrected chi connectivity index (χ4v) is 1.79. The maximum Gasteiger partial charge on any atom is 0.390 e. The summed E-state index contributed by atoms with van der Waals surface area (Å²) in [4.78, 5) is 14.0. The van der Waals surface area contributed by atoms with Crippen molar-refractivity contribution in [2.45, 2.75) is 6.92 Å². The SMILES string of the molecule is COc1cc(Br)c(/C=C(/C#N)C(=O)OF)cc1C. The van der Waals surface area contributed by atoms with Gasteiger partial charge in [0.2, 0.25) is 0 Å². The van der Waals surface area contributed by atoms with Gasteiger partial charge in [0.05, 0.1) is 7.11 Å². The Hall–Kier alpha value is -1.87. The average Bonchev–Trinajstić information content (AvgIpc) is 2.38. The fourth-order valence-electron chi connectivity index (χ4n) is 1.35. The number of rotatable bonds is 3. The first kappa shape index (κ1) is 14.2. The second-order valence-corrected chi connectivity index (χ2v) is 4.23. The molecule has 1 rings (SSSR count). The molecule has 0 unspecified atom stereocenters. The van der Waals surface area contributed by atoms with Gasteiger partial charge in [0.25, 0.3) is 0 Å². The molecule has 1 aromatic rings. The molecule has 0 aromatic heterocycles. The number of ether oxygens (including phenoxy) is 1. The highest BCUT2D eigenvalue weighted by molar-refractivity contribution is 9.10. The van der Waals surface area contributed by atoms with Gasteiger partial charge < -0.3 is 4.74 Å². The lowest BCUT2D eigenvalue weighted by Gasteiger charge is -2.07. The molecule has 0 N–H and O–H groups in total. The quantitative estimate of drug-likeness (QED) is 0.635. The van der Waals surface area contributed by atoms with Gasteiger partial charge in [0, 0.05) is 9.00 Å². The molecule has 0 radical (unpaired) electrons. The number of hydrogen-bond donors (Lipinski definition) is 0. The lowest BCUT2D eigenvalue weighted by Crippen LogP contribution is -2.00. The summed E-state index contributed by atoms with van der Waals surface area (Å²) in [5.41, 5.74) is 0.941. The van der Waals surface area contributed by atoms with Gasteiger partial charge in [-0.05, 0) is 36.3 Å². The molecule has 0 aliphatic rings. The highest BCUT2D eigenvalue weighted by Gasteiger charge is 2.13. The van der Waals surface area contributed by atoms with Crippen molar-refractivity contribution in [3.63, 3.8) is 0 Å². The van der Waals surface area contributed by atoms with E-state index in [-0.39, 0.29) is 0 Å². The van der Waals surface area contributed by atoms with Crippen LogP contribution in [-0.4, -0.2) is 13.1 Å². The van der Waals surface area contributed by atoms with E-state index in [0.29, 0.717) is 15.8 Å². The van der Waals surface area contributed by atoms with E-state index in [0.717, 1.165) is 5.56 Å². The molecule has 0 atom stereocenters. The third-order valence-corrected chi connectivity index (χ3v) is 2.91. The number of aryl methyl sites for hydroxylation is 1. The third-order valence-electron chi connectivity index (χ3n) is 2.22. The predicted molar refractivity (Wildman–Crippen MR) is 66.2 cm³/mol. The second kappa shape index (κ2) is 6.17. The number of methoxy groups -OCH3 is 1. The molecule has 6 heteroatoms. The zero-order chi connectivity index (χ0) is 13.7. The molecule has 0 fully saturated rings. The van der Waals surface area contributed by atoms with E-state index in [4.69, 9.17) is 10.00 Å². The largest absolute Gasteiger partial charge is 0.496 e. The van der Waals surface area contributed by atoms with Crippen molar-refractivity contribution in [2.24, 2.45) is 0 Å². The Bertz CT molecular complexity index is 549. The van der Waals surface area contributed by atoms with Crippen molar-refractivity contribution in [3.05, 3.63) is 33.3 Å². The molecule has 0 aliphatic carbocycles. The van der Waals surface area contributed by atoms with Crippen molar-refractivity contribution in [3.8, 4) is 11.8 Å². The van der Waals surface area contributed by atoms with Crippen molar-refractivity contribution >= 4 is 28.0 Å². The van der Waals surface area contributed by atoms with Crippen LogP contribution < -0.4 is 4.74 Å². The van der Waals surface area contributed by atoms with E-state index >= 15 is 0 Å². The summed E-state index contributed by atoms with van der Waals surface area (Å²) in [6, 6.07) is 4.96. The van der Waals surface area contributed by atoms with Crippen LogP contribution in [0.1, 0.15) is 11.1 Å². The molecular weight excluding hydrogens is 305 g/mol. The van der Waals surface area contributed by atoms with Crippen LogP contribution in [0, 0.1) is 18.3 Å². The molecule has 0 saturated heterocycles. The summed E-state index contributed by atoms with van der Waals surface area (Å²) < 4.78 is 17.5. The normalized spacial score (nSPS) is 10.7. The van der Waals surface area contributed by atoms with Crippen LogP contribution in [0.3, 0.4) is 0 Å². The van der Waals surface area contributed by atoms with Gasteiger partial charge in [-0.1, -0.05) is 15.9 Å². The van der Waals surface area contributed by atoms with Gasteiger partial charge in [-0.3, -0.25) is 0 Å². The first-order valence-electron chi connectivity index (χ1n) is 4.82. The Morgan fingerprint density at radius 1 is 1.56 bits per heavy atom. The highest BCUT2D eigenvalue weighted by Crippen LogP contribution is 2.28. The number of hydrogen-bond acceptors (Lipinski definition) is 4. The Kier molecular flexibility index (Phi) is 4.86. The monoisotopic (exact) mass is 313 g/mol. The number of nitrogens with zero attached hydrogens (tertiary/aromatic N) is 1. The Balaban J connectivity index is 3.27. The van der Waals surface area contributed by atoms with Gasteiger partial charge in [-0.2, -0.15) is 5.26 Å². The summed E-state index contributed by atoms with van der Waals surface area (Å²) in [7, 11) is 1.53. The maximum atomic E-state index is 11.8. The molecule has 0 amide bonds. The number of carbonyl (C=O) groups is 1. The molecular formula is C12H9BrFNO3. The summed E-state index contributed by atoms with van der Waals surface area (Å²) in [5.74, 6) is -0.663. The first-order valence-corrected chi connectivity index (χ1v) is 5.61. The maximum absolute atomic E-state index is 11.8. The smallest absolute Gasteiger partial charge is 0.390 e. The summed E-state index contributed by atoms with van der Waals surface area (Å²) >= 11 is 3.27. The minimum atomic E-state index is -1.32. The van der Waals surface area contributed by atoms with Crippen LogP contribution in [0.2, 0.25) is 0 Å². The molecule has 4 nitrogen and oxygen atoms in total. The van der Waals surface area contributed by atoms with Gasteiger partial charge in [0.15, 0.2) is 0 Å². The zero-order valence-electron chi connectivity index (χ0n) is 9.66. The molecule has 18 heavy (non-hydrogen) atoms. The number of carbonyl (C=O) groups excluding carboxylic acids is 1. The van der Waals surface area contributed by atoms with Gasteiger partial charge in [-0.15, -0.1) is 0 Å². The first-order chi connectivity index (χ1) is 8.53. The van der Waals surface area contributed by atoms with E-state index < -0.39 is 11.5 Å². The van der Waals surface area contributed by atoms with E-state index in [1.54, 1.807) is 18.2 Å². The second-order valence-electron chi connectivity index (χ2n) is 3.38. The molecule has 94 valence electrons. The van der Waals surface area contributed by atoms with Crippen LogP contribution in [0.4, 0.5) is 4.53 Å². The van der Waals surface area contributed by atoms with Crippen molar-refractivity contribution in [1.82, 2.24) is 0 Å². The third kappa shape index (κ3) is 3.08. The van der Waals surface area contributed by atoms with Gasteiger partial charge in [-0.25, -0.2) is 9.74 Å². The number of nitriles is 1. The summed E-state index contributed by atoms with van der Waals surface area (Å²) in [6.07, 6.45) is 1.23. The van der Waals surface area contributed by atoms with Crippen LogP contribution in [0.15, 0.2) is 22.2 Å². The Morgan fingerprint density at radius 2 is 2.22 bits per heavy atom. The molecule has 0 spiro atoms. The van der Waals surface area contributed by atoms with E-state index in [1.807, 2.05) is 6.92 Å². The lowest BCUT2D eigenvalue weighted by atomic mass is 10.1. The molecule has 0 bridgehead atoms. The standard InChI is InChI=1S/C12H9BrFNO3/c1-7-3-8(10(13)5-11(7)17-2)4-9(6-15)12(16)18-14/h3-5H,1-2H3/b9-4-. The van der Waals surface area contributed by atoms with Crippen molar-refractivity contribution < 1.29 is 19.0 Å². The van der Waals surface area contributed by atoms with E-state index in [9.17, 15) is 9.32 Å². The highest BCUT2D eigenvalue weighted by atomic mass is 79.9. The van der Waals surface area contributed by atoms with Crippen LogP contribution in [0.25, 0.3) is 6.08 Å². The molecule has 1 aromatic carbocycles. The predicted octanol–water partition coefficient (Wildman–Crippen LogP) is 3.10. The lowest BCUT2D eigenvalue weighted by molar-refractivity contribution is -0.177. The van der Waals surface area contributed by atoms with E-state index in [1.165, 1.54) is 13.2 Å². The minimum absolute atomic E-state index is 0.428. The molecule has 0 heterocycles. The van der Waals surface area contributed by atoms with Crippen LogP contribution >= 0.6 is 15.9 Å². The molecule has 0 saturated carbocycles. The van der Waals surface area contributed by atoms with Crippen LogP contribution in [0.5, 0.6) is 5.75 Å². The Morgan fingerprint density at radius 3 is 2.72 bits per heavy atom.